The number of carbonyl (C=O) groups excluding carboxylic acids is 1. The van der Waals surface area contributed by atoms with Crippen molar-refractivity contribution in [2.75, 3.05) is 5.32 Å². The molecule has 1 aliphatic heterocycles. The number of nitrogens with one attached hydrogen (secondary N) is 1. The second-order valence-corrected chi connectivity index (χ2v) is 4.86. The fraction of sp³-hybridized carbons (Fsp3) is 0.0625. The van der Waals surface area contributed by atoms with Gasteiger partial charge in [-0.25, -0.2) is 0 Å². The van der Waals surface area contributed by atoms with Gasteiger partial charge in [0.05, 0.1) is 0 Å². The summed E-state index contributed by atoms with van der Waals surface area (Å²) in [4.78, 5) is 11.7. The first-order valence-electron chi connectivity index (χ1n) is 6.09. The van der Waals surface area contributed by atoms with Gasteiger partial charge in [0, 0.05) is 22.7 Å². The molecule has 0 aromatic heterocycles. The Labute approximate surface area is 116 Å². The number of hydrogen-bond acceptors (Lipinski definition) is 1. The maximum Gasteiger partial charge on any atom is 0.228 e. The number of halogens is 1. The summed E-state index contributed by atoms with van der Waals surface area (Å²) < 4.78 is 0. The third-order valence-corrected chi connectivity index (χ3v) is 3.35. The fourth-order valence-electron chi connectivity index (χ4n) is 2.26. The first-order valence-corrected chi connectivity index (χ1v) is 6.47. The van der Waals surface area contributed by atoms with Crippen LogP contribution in [0.4, 0.5) is 5.69 Å². The highest BCUT2D eigenvalue weighted by atomic mass is 35.5. The van der Waals surface area contributed by atoms with Crippen molar-refractivity contribution >= 4 is 28.8 Å². The molecule has 0 spiro atoms. The van der Waals surface area contributed by atoms with Gasteiger partial charge in [-0.05, 0) is 29.3 Å². The summed E-state index contributed by atoms with van der Waals surface area (Å²) in [7, 11) is 0. The average Bonchev–Trinajstić information content (AvgIpc) is 2.57. The van der Waals surface area contributed by atoms with Crippen LogP contribution in [-0.2, 0) is 4.79 Å². The van der Waals surface area contributed by atoms with E-state index < -0.39 is 0 Å². The molecule has 2 aromatic rings. The van der Waals surface area contributed by atoms with Crippen LogP contribution in [0.5, 0.6) is 0 Å². The standard InChI is InChI=1S/C16H12ClNO/c17-12-5-3-4-11(10-12)13-8-9-16(19)18-15-7-2-1-6-14(13)15/h1-8,10H,9H2,(H,18,19). The topological polar surface area (TPSA) is 29.1 Å². The van der Waals surface area contributed by atoms with Crippen LogP contribution in [0.1, 0.15) is 17.5 Å². The molecule has 0 atom stereocenters. The quantitative estimate of drug-likeness (QED) is 0.829. The van der Waals surface area contributed by atoms with Crippen LogP contribution >= 0.6 is 11.6 Å². The highest BCUT2D eigenvalue weighted by Gasteiger charge is 2.15. The number of anilines is 1. The lowest BCUT2D eigenvalue weighted by atomic mass is 9.96. The first kappa shape index (κ1) is 12.0. The Balaban J connectivity index is 2.17. The molecule has 0 saturated heterocycles. The second-order valence-electron chi connectivity index (χ2n) is 4.43. The minimum atomic E-state index is 0.00415. The largest absolute Gasteiger partial charge is 0.325 e. The van der Waals surface area contributed by atoms with E-state index in [1.54, 1.807) is 0 Å². The molecule has 0 radical (unpaired) electrons. The van der Waals surface area contributed by atoms with Gasteiger partial charge in [-0.1, -0.05) is 48.0 Å². The number of rotatable bonds is 1. The van der Waals surface area contributed by atoms with E-state index in [9.17, 15) is 4.79 Å². The van der Waals surface area contributed by atoms with Crippen molar-refractivity contribution < 1.29 is 4.79 Å². The van der Waals surface area contributed by atoms with Crippen molar-refractivity contribution in [3.8, 4) is 0 Å². The van der Waals surface area contributed by atoms with E-state index in [1.807, 2.05) is 54.6 Å². The van der Waals surface area contributed by atoms with Gasteiger partial charge < -0.3 is 5.32 Å². The number of para-hydroxylation sites is 1. The smallest absolute Gasteiger partial charge is 0.228 e. The fourth-order valence-corrected chi connectivity index (χ4v) is 2.45. The summed E-state index contributed by atoms with van der Waals surface area (Å²) in [5.41, 5.74) is 3.93. The summed E-state index contributed by atoms with van der Waals surface area (Å²) in [6.45, 7) is 0. The van der Waals surface area contributed by atoms with Gasteiger partial charge in [0.1, 0.15) is 0 Å². The van der Waals surface area contributed by atoms with E-state index in [-0.39, 0.29) is 5.91 Å². The molecule has 0 saturated carbocycles. The Morgan fingerprint density at radius 3 is 2.74 bits per heavy atom. The Bertz CT molecular complexity index is 676. The molecule has 1 heterocycles. The monoisotopic (exact) mass is 269 g/mol. The van der Waals surface area contributed by atoms with Crippen LogP contribution in [0.2, 0.25) is 5.02 Å². The first-order chi connectivity index (χ1) is 9.24. The molecule has 1 amide bonds. The van der Waals surface area contributed by atoms with Crippen LogP contribution < -0.4 is 5.32 Å². The van der Waals surface area contributed by atoms with Gasteiger partial charge in [-0.2, -0.15) is 0 Å². The van der Waals surface area contributed by atoms with E-state index in [0.717, 1.165) is 22.4 Å². The van der Waals surface area contributed by atoms with E-state index >= 15 is 0 Å². The van der Waals surface area contributed by atoms with Crippen LogP contribution in [0, 0.1) is 0 Å². The minimum Gasteiger partial charge on any atom is -0.325 e. The summed E-state index contributed by atoms with van der Waals surface area (Å²) in [5.74, 6) is 0.00415. The van der Waals surface area contributed by atoms with Crippen molar-refractivity contribution in [1.82, 2.24) is 0 Å². The van der Waals surface area contributed by atoms with E-state index in [4.69, 9.17) is 11.6 Å². The number of amides is 1. The molecule has 1 aliphatic rings. The highest BCUT2D eigenvalue weighted by molar-refractivity contribution is 6.30. The third-order valence-electron chi connectivity index (χ3n) is 3.12. The number of fused-ring (bicyclic) bond motifs is 1. The lowest BCUT2D eigenvalue weighted by molar-refractivity contribution is -0.115. The summed E-state index contributed by atoms with van der Waals surface area (Å²) in [5, 5.41) is 3.61. The zero-order valence-corrected chi connectivity index (χ0v) is 10.9. The minimum absolute atomic E-state index is 0.00415. The highest BCUT2D eigenvalue weighted by Crippen LogP contribution is 2.32. The van der Waals surface area contributed by atoms with E-state index in [1.165, 1.54) is 0 Å². The molecule has 3 heteroatoms. The SMILES string of the molecule is O=C1CC=C(c2cccc(Cl)c2)c2ccccc2N1. The summed E-state index contributed by atoms with van der Waals surface area (Å²) in [6, 6.07) is 15.5. The van der Waals surface area contributed by atoms with Crippen LogP contribution in [0.25, 0.3) is 5.57 Å². The molecule has 1 N–H and O–H groups in total. The molecule has 2 nitrogen and oxygen atoms in total. The Morgan fingerprint density at radius 2 is 1.89 bits per heavy atom. The van der Waals surface area contributed by atoms with Gasteiger partial charge in [0.2, 0.25) is 5.91 Å². The third kappa shape index (κ3) is 2.40. The number of benzene rings is 2. The zero-order chi connectivity index (χ0) is 13.2. The van der Waals surface area contributed by atoms with Gasteiger partial charge in [-0.3, -0.25) is 4.79 Å². The summed E-state index contributed by atoms with van der Waals surface area (Å²) in [6.07, 6.45) is 2.32. The Hall–Kier alpha value is -2.06. The zero-order valence-electron chi connectivity index (χ0n) is 10.2. The molecule has 3 rings (SSSR count). The van der Waals surface area contributed by atoms with E-state index in [2.05, 4.69) is 5.32 Å². The van der Waals surface area contributed by atoms with Crippen LogP contribution in [0.3, 0.4) is 0 Å². The maximum absolute atomic E-state index is 11.7. The predicted molar refractivity (Wildman–Crippen MR) is 78.2 cm³/mol. The average molecular weight is 270 g/mol. The normalized spacial score (nSPS) is 14.2. The van der Waals surface area contributed by atoms with Gasteiger partial charge in [-0.15, -0.1) is 0 Å². The maximum atomic E-state index is 11.7. The van der Waals surface area contributed by atoms with Gasteiger partial charge in [0.15, 0.2) is 0 Å². The molecule has 0 bridgehead atoms. The number of carbonyl (C=O) groups is 1. The Morgan fingerprint density at radius 1 is 1.05 bits per heavy atom. The molecule has 94 valence electrons. The molecule has 0 unspecified atom stereocenters. The second kappa shape index (κ2) is 4.90. The van der Waals surface area contributed by atoms with Crippen molar-refractivity contribution in [2.45, 2.75) is 6.42 Å². The van der Waals surface area contributed by atoms with Crippen molar-refractivity contribution in [2.24, 2.45) is 0 Å². The molecule has 0 aliphatic carbocycles. The molecule has 19 heavy (non-hydrogen) atoms. The Kier molecular flexibility index (Phi) is 3.10. The number of hydrogen-bond donors (Lipinski definition) is 1. The van der Waals surface area contributed by atoms with Crippen molar-refractivity contribution in [3.05, 3.63) is 70.8 Å². The molecule has 0 fully saturated rings. The molecular weight excluding hydrogens is 258 g/mol. The van der Waals surface area contributed by atoms with E-state index in [0.29, 0.717) is 11.4 Å². The molecular formula is C16H12ClNO. The lowest BCUT2D eigenvalue weighted by Crippen LogP contribution is -2.09. The van der Waals surface area contributed by atoms with Crippen LogP contribution in [-0.4, -0.2) is 5.91 Å². The van der Waals surface area contributed by atoms with Gasteiger partial charge in [0.25, 0.3) is 0 Å². The van der Waals surface area contributed by atoms with Crippen molar-refractivity contribution in [1.29, 1.82) is 0 Å². The predicted octanol–water partition coefficient (Wildman–Crippen LogP) is 4.11. The van der Waals surface area contributed by atoms with Gasteiger partial charge >= 0.3 is 0 Å². The summed E-state index contributed by atoms with van der Waals surface area (Å²) >= 11 is 6.05. The van der Waals surface area contributed by atoms with Crippen molar-refractivity contribution in [3.63, 3.8) is 0 Å². The lowest BCUT2D eigenvalue weighted by Gasteiger charge is -2.11. The van der Waals surface area contributed by atoms with Crippen LogP contribution in [0.15, 0.2) is 54.6 Å². The molecule has 2 aromatic carbocycles.